The minimum atomic E-state index is -0.489. The summed E-state index contributed by atoms with van der Waals surface area (Å²) in [6, 6.07) is 25.7. The summed E-state index contributed by atoms with van der Waals surface area (Å²) in [5.74, 6) is 1.45. The maximum Gasteiger partial charge on any atom is 0.266 e. The van der Waals surface area contributed by atoms with E-state index in [1.165, 1.54) is 10.7 Å². The summed E-state index contributed by atoms with van der Waals surface area (Å²) in [5, 5.41) is 7.44. The number of hydrogen-bond donors (Lipinski definition) is 1. The van der Waals surface area contributed by atoms with Crippen molar-refractivity contribution < 1.29 is 14.3 Å². The molecule has 1 aliphatic heterocycles. The van der Waals surface area contributed by atoms with Gasteiger partial charge in [0.05, 0.1) is 25.3 Å². The molecule has 0 spiro atoms. The van der Waals surface area contributed by atoms with Crippen molar-refractivity contribution in [1.29, 1.82) is 0 Å². The molecule has 170 valence electrons. The highest BCUT2D eigenvalue weighted by atomic mass is 16.5. The van der Waals surface area contributed by atoms with E-state index in [1.807, 2.05) is 72.8 Å². The first-order valence-electron chi connectivity index (χ1n) is 11.0. The Morgan fingerprint density at radius 3 is 2.24 bits per heavy atom. The molecule has 7 nitrogen and oxygen atoms in total. The first kappa shape index (κ1) is 21.5. The summed E-state index contributed by atoms with van der Waals surface area (Å²) in [5.41, 5.74) is 2.94. The zero-order valence-electron chi connectivity index (χ0n) is 18.6. The molecule has 1 amide bonds. The van der Waals surface area contributed by atoms with Crippen LogP contribution < -0.4 is 20.3 Å². The topological polar surface area (TPSA) is 82.5 Å². The van der Waals surface area contributed by atoms with Crippen LogP contribution in [0.15, 0.2) is 89.7 Å². The molecule has 0 saturated heterocycles. The molecular weight excluding hydrogens is 430 g/mol. The lowest BCUT2D eigenvalue weighted by Gasteiger charge is -2.27. The van der Waals surface area contributed by atoms with E-state index in [1.54, 1.807) is 13.2 Å². The first-order chi connectivity index (χ1) is 16.6. The maximum atomic E-state index is 13.3. The van der Waals surface area contributed by atoms with Gasteiger partial charge in [-0.25, -0.2) is 4.68 Å². The van der Waals surface area contributed by atoms with Gasteiger partial charge in [0, 0.05) is 29.3 Å². The maximum absolute atomic E-state index is 13.3. The Morgan fingerprint density at radius 2 is 1.59 bits per heavy atom. The fourth-order valence-electron chi connectivity index (χ4n) is 4.10. The van der Waals surface area contributed by atoms with Crippen LogP contribution in [-0.4, -0.2) is 29.3 Å². The number of aromatic nitrogens is 2. The van der Waals surface area contributed by atoms with Crippen molar-refractivity contribution in [2.45, 2.75) is 12.5 Å². The highest BCUT2D eigenvalue weighted by Gasteiger charge is 2.32. The Balaban J connectivity index is 1.32. The van der Waals surface area contributed by atoms with Crippen LogP contribution in [0.1, 0.15) is 17.0 Å². The van der Waals surface area contributed by atoms with E-state index < -0.39 is 5.92 Å². The van der Waals surface area contributed by atoms with Crippen molar-refractivity contribution in [3.05, 3.63) is 106 Å². The van der Waals surface area contributed by atoms with Crippen LogP contribution in [0.5, 0.6) is 17.2 Å². The third-order valence-corrected chi connectivity index (χ3v) is 5.82. The lowest BCUT2D eigenvalue weighted by atomic mass is 9.87. The molecule has 1 aromatic heterocycles. The third kappa shape index (κ3) is 4.15. The summed E-state index contributed by atoms with van der Waals surface area (Å²) in [4.78, 5) is 25.6. The molecule has 0 saturated carbocycles. The molecule has 0 radical (unpaired) electrons. The smallest absolute Gasteiger partial charge is 0.266 e. The SMILES string of the molecule is COc1ccc(-c2ccc(=O)n(CCNC(=O)C3c4ccccc4Oc4ccccc43)n2)cc1. The van der Waals surface area contributed by atoms with Crippen LogP contribution in [0.3, 0.4) is 0 Å². The quantitative estimate of drug-likeness (QED) is 0.478. The van der Waals surface area contributed by atoms with Gasteiger partial charge >= 0.3 is 0 Å². The normalized spacial score (nSPS) is 12.3. The van der Waals surface area contributed by atoms with E-state index in [9.17, 15) is 9.59 Å². The average Bonchev–Trinajstić information content (AvgIpc) is 2.88. The van der Waals surface area contributed by atoms with Crippen LogP contribution in [-0.2, 0) is 11.3 Å². The Morgan fingerprint density at radius 1 is 0.941 bits per heavy atom. The number of para-hydroxylation sites is 2. The van der Waals surface area contributed by atoms with Gasteiger partial charge in [-0.05, 0) is 42.5 Å². The number of amides is 1. The molecule has 4 aromatic rings. The van der Waals surface area contributed by atoms with E-state index in [4.69, 9.17) is 9.47 Å². The van der Waals surface area contributed by atoms with Gasteiger partial charge in [-0.1, -0.05) is 36.4 Å². The van der Waals surface area contributed by atoms with Crippen LogP contribution in [0, 0.1) is 0 Å². The minimum absolute atomic E-state index is 0.150. The number of carbonyl (C=O) groups excluding carboxylic acids is 1. The highest BCUT2D eigenvalue weighted by molar-refractivity contribution is 5.89. The van der Waals surface area contributed by atoms with Gasteiger partial charge in [-0.15, -0.1) is 0 Å². The minimum Gasteiger partial charge on any atom is -0.497 e. The van der Waals surface area contributed by atoms with Crippen molar-refractivity contribution >= 4 is 5.91 Å². The molecule has 0 fully saturated rings. The molecule has 3 aromatic carbocycles. The molecule has 2 heterocycles. The zero-order valence-corrected chi connectivity index (χ0v) is 18.6. The Labute approximate surface area is 196 Å². The molecule has 7 heteroatoms. The second-order valence-electron chi connectivity index (χ2n) is 7.91. The second-order valence-corrected chi connectivity index (χ2v) is 7.91. The summed E-state index contributed by atoms with van der Waals surface area (Å²) in [6.07, 6.45) is 0. The number of nitrogens with one attached hydrogen (secondary N) is 1. The van der Waals surface area contributed by atoms with Gasteiger partial charge in [-0.3, -0.25) is 9.59 Å². The first-order valence-corrected chi connectivity index (χ1v) is 11.0. The van der Waals surface area contributed by atoms with Gasteiger partial charge in [0.15, 0.2) is 0 Å². The molecule has 5 rings (SSSR count). The van der Waals surface area contributed by atoms with E-state index in [2.05, 4.69) is 10.4 Å². The van der Waals surface area contributed by atoms with E-state index >= 15 is 0 Å². The molecule has 0 unspecified atom stereocenters. The van der Waals surface area contributed by atoms with Crippen LogP contribution >= 0.6 is 0 Å². The fourth-order valence-corrected chi connectivity index (χ4v) is 4.10. The van der Waals surface area contributed by atoms with Crippen LogP contribution in [0.2, 0.25) is 0 Å². The Bertz CT molecular complexity index is 1350. The molecule has 0 atom stereocenters. The van der Waals surface area contributed by atoms with Gasteiger partial charge < -0.3 is 14.8 Å². The fraction of sp³-hybridized carbons (Fsp3) is 0.148. The molecule has 34 heavy (non-hydrogen) atoms. The van der Waals surface area contributed by atoms with Crippen molar-refractivity contribution in [3.8, 4) is 28.5 Å². The summed E-state index contributed by atoms with van der Waals surface area (Å²) >= 11 is 0. The monoisotopic (exact) mass is 453 g/mol. The third-order valence-electron chi connectivity index (χ3n) is 5.82. The van der Waals surface area contributed by atoms with Crippen molar-refractivity contribution in [2.75, 3.05) is 13.7 Å². The summed E-state index contributed by atoms with van der Waals surface area (Å²) < 4.78 is 12.5. The Kier molecular flexibility index (Phi) is 5.82. The number of hydrogen-bond acceptors (Lipinski definition) is 5. The number of ether oxygens (including phenoxy) is 2. The Hall–Kier alpha value is -4.39. The average molecular weight is 453 g/mol. The van der Waals surface area contributed by atoms with Crippen molar-refractivity contribution in [3.63, 3.8) is 0 Å². The number of nitrogens with zero attached hydrogens (tertiary/aromatic N) is 2. The number of carbonyl (C=O) groups is 1. The molecule has 1 N–H and O–H groups in total. The van der Waals surface area contributed by atoms with Gasteiger partial charge in [0.25, 0.3) is 5.56 Å². The zero-order chi connectivity index (χ0) is 23.5. The lowest BCUT2D eigenvalue weighted by molar-refractivity contribution is -0.121. The molecular formula is C27H23N3O4. The standard InChI is InChI=1S/C27H23N3O4/c1-33-19-12-10-18(11-13-19)22-14-15-25(31)30(29-22)17-16-28-27(32)26-20-6-2-4-8-23(20)34-24-9-5-3-7-21(24)26/h2-15,26H,16-17H2,1H3,(H,28,32). The highest BCUT2D eigenvalue weighted by Crippen LogP contribution is 2.43. The van der Waals surface area contributed by atoms with E-state index in [-0.39, 0.29) is 24.6 Å². The number of rotatable bonds is 6. The number of methoxy groups -OCH3 is 1. The predicted octanol–water partition coefficient (Wildman–Crippen LogP) is 3.97. The van der Waals surface area contributed by atoms with Gasteiger partial charge in [-0.2, -0.15) is 5.10 Å². The van der Waals surface area contributed by atoms with E-state index in [0.717, 1.165) is 22.4 Å². The summed E-state index contributed by atoms with van der Waals surface area (Å²) in [7, 11) is 1.61. The predicted molar refractivity (Wildman–Crippen MR) is 128 cm³/mol. The van der Waals surface area contributed by atoms with Crippen LogP contribution in [0.25, 0.3) is 11.3 Å². The molecule has 1 aliphatic rings. The van der Waals surface area contributed by atoms with Crippen LogP contribution in [0.4, 0.5) is 0 Å². The van der Waals surface area contributed by atoms with Gasteiger partial charge in [0.2, 0.25) is 5.91 Å². The molecule has 0 aliphatic carbocycles. The number of benzene rings is 3. The lowest BCUT2D eigenvalue weighted by Crippen LogP contribution is -2.35. The van der Waals surface area contributed by atoms with Crippen molar-refractivity contribution in [2.24, 2.45) is 0 Å². The molecule has 0 bridgehead atoms. The van der Waals surface area contributed by atoms with Crippen molar-refractivity contribution in [1.82, 2.24) is 15.1 Å². The second kappa shape index (κ2) is 9.23. The largest absolute Gasteiger partial charge is 0.497 e. The van der Waals surface area contributed by atoms with E-state index in [0.29, 0.717) is 17.2 Å². The summed E-state index contributed by atoms with van der Waals surface area (Å²) in [6.45, 7) is 0.514. The number of fused-ring (bicyclic) bond motifs is 2. The van der Waals surface area contributed by atoms with Gasteiger partial charge in [0.1, 0.15) is 17.2 Å².